The van der Waals surface area contributed by atoms with Gasteiger partial charge in [-0.25, -0.2) is 0 Å². The Kier molecular flexibility index (Phi) is 106. The Hall–Kier alpha value is 2.74. The summed E-state index contributed by atoms with van der Waals surface area (Å²) >= 11 is 0. The van der Waals surface area contributed by atoms with Gasteiger partial charge in [0.2, 0.25) is 0 Å². The third-order valence-corrected chi connectivity index (χ3v) is 0. The summed E-state index contributed by atoms with van der Waals surface area (Å²) in [5.41, 5.74) is 0. The molecule has 13 nitrogen and oxygen atoms in total. The number of rotatable bonds is 0. The minimum Gasteiger partial charge on any atom is -0.871 e. The van der Waals surface area contributed by atoms with Gasteiger partial charge in [-0.3, -0.25) is 0 Å². The smallest absolute Gasteiger partial charge is 0.871 e. The second kappa shape index (κ2) is 43.0. The van der Waals surface area contributed by atoms with E-state index in [0.29, 0.717) is 0 Å². The summed E-state index contributed by atoms with van der Waals surface area (Å²) in [4.78, 5) is 0. The third kappa shape index (κ3) is 1080. The standard InChI is InChI=1S/3BH3O3.BHO3.3Na.H2O/c4*2-1(3)4;;;;/h3*2-4H;2H;;;;1H2/q;;;-2;3*+1;/p-1. The first-order chi connectivity index (χ1) is 6.93. The van der Waals surface area contributed by atoms with Gasteiger partial charge in [0.05, 0.1) is 7.32 Å². The molecule has 0 spiro atoms. The molecule has 20 heavy (non-hydrogen) atoms. The van der Waals surface area contributed by atoms with E-state index in [1.54, 1.807) is 0 Å². The first-order valence-electron chi connectivity index (χ1n) is 3.05. The van der Waals surface area contributed by atoms with Crippen LogP contribution in [0, 0.1) is 0 Å². The van der Waals surface area contributed by atoms with Crippen LogP contribution in [-0.2, 0) is 0 Å². The van der Waals surface area contributed by atoms with Gasteiger partial charge in [-0.1, -0.05) is 0 Å². The van der Waals surface area contributed by atoms with Gasteiger partial charge in [0.15, 0.2) is 0 Å². The van der Waals surface area contributed by atoms with Crippen molar-refractivity contribution in [2.75, 3.05) is 0 Å². The molecule has 0 aliphatic carbocycles. The van der Waals surface area contributed by atoms with Crippen LogP contribution in [0.5, 0.6) is 0 Å². The minimum atomic E-state index is -2.67. The molecule has 0 aliphatic rings. The summed E-state index contributed by atoms with van der Waals surface area (Å²) in [6.45, 7) is 0. The van der Waals surface area contributed by atoms with E-state index in [9.17, 15) is 0 Å². The predicted octanol–water partition coefficient (Wildman–Crippen LogP) is -18.6. The Morgan fingerprint density at radius 1 is 0.450 bits per heavy atom. The van der Waals surface area contributed by atoms with Crippen molar-refractivity contribution in [1.29, 1.82) is 0 Å². The maximum atomic E-state index is 8.53. The summed E-state index contributed by atoms with van der Waals surface area (Å²) in [5, 5.41) is 88.5. The molecule has 11 N–H and O–H groups in total. The zero-order valence-corrected chi connectivity index (χ0v) is 17.0. The number of hydrogen-bond acceptors (Lipinski definition) is 13. The normalized spacial score (nSPS) is 5.40. The molecule has 0 atom stereocenters. The summed E-state index contributed by atoms with van der Waals surface area (Å²) in [5.74, 6) is 0. The molecule has 0 unspecified atom stereocenters. The Morgan fingerprint density at radius 2 is 0.450 bits per heavy atom. The molecule has 0 aromatic heterocycles. The van der Waals surface area contributed by atoms with Crippen molar-refractivity contribution in [1.82, 2.24) is 0 Å². The van der Waals surface area contributed by atoms with Gasteiger partial charge in [0.1, 0.15) is 0 Å². The molecule has 0 radical (unpaired) electrons. The van der Waals surface area contributed by atoms with E-state index < -0.39 is 29.3 Å². The fourth-order valence-corrected chi connectivity index (χ4v) is 0. The van der Waals surface area contributed by atoms with E-state index in [4.69, 9.17) is 60.3 Å². The predicted molar refractivity (Wildman–Crippen MR) is 47.1 cm³/mol. The topological polar surface area (TPSA) is 278 Å². The van der Waals surface area contributed by atoms with E-state index >= 15 is 0 Å². The quantitative estimate of drug-likeness (QED) is 0.185. The van der Waals surface area contributed by atoms with Crippen molar-refractivity contribution in [3.8, 4) is 0 Å². The van der Waals surface area contributed by atoms with Crippen molar-refractivity contribution >= 4 is 29.3 Å². The van der Waals surface area contributed by atoms with Crippen LogP contribution in [0.3, 0.4) is 0 Å². The average Bonchev–Trinajstić information content (AvgIpc) is 1.76. The van der Waals surface area contributed by atoms with Crippen LogP contribution in [-0.4, -0.2) is 85.0 Å². The van der Waals surface area contributed by atoms with Crippen molar-refractivity contribution in [2.24, 2.45) is 0 Å². The largest absolute Gasteiger partial charge is 1.00 e. The molecule has 0 bridgehead atoms. The second-order valence-electron chi connectivity index (χ2n) is 1.35. The number of hydrogen-bond donors (Lipinski definition) is 10. The first-order valence-corrected chi connectivity index (χ1v) is 3.05. The van der Waals surface area contributed by atoms with E-state index in [2.05, 4.69) is 0 Å². The van der Waals surface area contributed by atoms with Crippen LogP contribution in [0.4, 0.5) is 0 Å². The Balaban J connectivity index is -0.0000000150. The Bertz CT molecular complexity index is 68.6. The van der Waals surface area contributed by atoms with Gasteiger partial charge in [0.25, 0.3) is 0 Å². The van der Waals surface area contributed by atoms with E-state index in [0.717, 1.165) is 0 Å². The minimum absolute atomic E-state index is 0. The summed E-state index contributed by atoms with van der Waals surface area (Å²) < 4.78 is 0. The van der Waals surface area contributed by atoms with E-state index in [1.165, 1.54) is 0 Å². The molecular formula is H11B4Na3O13. The SMILES string of the molecule is OB(O)O.OB(O)O.OB(O)O.[Na+].[Na+].[Na+].[O-]B([O-])O.[OH-]. The summed E-state index contributed by atoms with van der Waals surface area (Å²) in [6, 6.07) is 0. The van der Waals surface area contributed by atoms with Crippen LogP contribution in [0.15, 0.2) is 0 Å². The molecule has 0 fully saturated rings. The maximum Gasteiger partial charge on any atom is 1.00 e. The Morgan fingerprint density at radius 3 is 0.450 bits per heavy atom. The van der Waals surface area contributed by atoms with Gasteiger partial charge < -0.3 is 65.8 Å². The van der Waals surface area contributed by atoms with Crippen molar-refractivity contribution in [2.45, 2.75) is 0 Å². The van der Waals surface area contributed by atoms with Gasteiger partial charge in [-0.2, -0.15) is 0 Å². The maximum absolute atomic E-state index is 8.53. The molecule has 0 heterocycles. The van der Waals surface area contributed by atoms with Gasteiger partial charge >= 0.3 is 111 Å². The molecule has 0 aromatic rings. The third-order valence-electron chi connectivity index (χ3n) is 0. The second-order valence-corrected chi connectivity index (χ2v) is 1.35. The van der Waals surface area contributed by atoms with Crippen molar-refractivity contribution < 1.29 is 154 Å². The molecular weight excluding hydrogens is 320 g/mol. The van der Waals surface area contributed by atoms with Gasteiger partial charge in [-0.05, 0) is 0 Å². The fraction of sp³-hybridized carbons (Fsp3) is 0. The average molecular weight is 331 g/mol. The molecule has 0 saturated carbocycles. The molecule has 104 valence electrons. The molecule has 0 aliphatic heterocycles. The van der Waals surface area contributed by atoms with Crippen molar-refractivity contribution in [3.63, 3.8) is 0 Å². The van der Waals surface area contributed by atoms with Crippen LogP contribution in [0.1, 0.15) is 0 Å². The van der Waals surface area contributed by atoms with Gasteiger partial charge in [0, 0.05) is 0 Å². The van der Waals surface area contributed by atoms with Crippen LogP contribution >= 0.6 is 0 Å². The Labute approximate surface area is 181 Å². The van der Waals surface area contributed by atoms with Gasteiger partial charge in [-0.15, -0.1) is 0 Å². The van der Waals surface area contributed by atoms with Crippen LogP contribution in [0.25, 0.3) is 0 Å². The molecule has 0 saturated heterocycles. The zero-order chi connectivity index (χ0) is 14.3. The summed E-state index contributed by atoms with van der Waals surface area (Å²) in [7, 11) is -9.17. The van der Waals surface area contributed by atoms with Crippen LogP contribution in [0.2, 0.25) is 0 Å². The summed E-state index contributed by atoms with van der Waals surface area (Å²) in [6.07, 6.45) is 0. The van der Waals surface area contributed by atoms with E-state index in [-0.39, 0.29) is 94.1 Å². The fourth-order valence-electron chi connectivity index (χ4n) is 0. The van der Waals surface area contributed by atoms with Crippen molar-refractivity contribution in [3.05, 3.63) is 0 Å². The molecule has 0 rings (SSSR count). The molecule has 0 aromatic carbocycles. The van der Waals surface area contributed by atoms with Crippen LogP contribution < -0.4 is 98.7 Å². The molecule has 0 amide bonds. The zero-order valence-electron chi connectivity index (χ0n) is 11.0. The first kappa shape index (κ1) is 49.5. The van der Waals surface area contributed by atoms with E-state index in [1.807, 2.05) is 0 Å². The monoisotopic (exact) mass is 332 g/mol. The molecule has 20 heteroatoms.